The summed E-state index contributed by atoms with van der Waals surface area (Å²) in [5.41, 5.74) is 0.444. The Morgan fingerprint density at radius 1 is 1.30 bits per heavy atom. The van der Waals surface area contributed by atoms with Crippen molar-refractivity contribution in [3.05, 3.63) is 41.2 Å². The highest BCUT2D eigenvalue weighted by Crippen LogP contribution is 2.16. The summed E-state index contributed by atoms with van der Waals surface area (Å²) in [4.78, 5) is 24.3. The molecular formula is C14H14FNO3S. The Hall–Kier alpha value is -1.82. The van der Waals surface area contributed by atoms with E-state index in [1.165, 1.54) is 18.2 Å². The predicted octanol–water partition coefficient (Wildman–Crippen LogP) is 2.11. The maximum Gasteiger partial charge on any atom is 0.328 e. The third kappa shape index (κ3) is 3.60. The van der Waals surface area contributed by atoms with Crippen molar-refractivity contribution in [2.75, 3.05) is 24.6 Å². The Labute approximate surface area is 120 Å². The first-order valence-electron chi connectivity index (χ1n) is 6.15. The molecule has 1 aromatic rings. The molecule has 0 radical (unpaired) electrons. The van der Waals surface area contributed by atoms with E-state index in [-0.39, 0.29) is 11.5 Å². The standard InChI is InChI=1S/C14H14FNO3S/c15-12-9-11(2-1-10(12)3-4-13(17)18)14(19)16-5-7-20-8-6-16/h1-4,9H,5-8H2,(H,17,18). The third-order valence-electron chi connectivity index (χ3n) is 2.95. The molecule has 0 aromatic heterocycles. The molecule has 1 heterocycles. The molecule has 0 aliphatic carbocycles. The van der Waals surface area contributed by atoms with Gasteiger partial charge in [0.15, 0.2) is 0 Å². The van der Waals surface area contributed by atoms with Crippen LogP contribution < -0.4 is 0 Å². The molecule has 106 valence electrons. The van der Waals surface area contributed by atoms with Crippen molar-refractivity contribution in [3.8, 4) is 0 Å². The van der Waals surface area contributed by atoms with Gasteiger partial charge in [-0.3, -0.25) is 4.79 Å². The lowest BCUT2D eigenvalue weighted by Gasteiger charge is -2.26. The molecule has 6 heteroatoms. The van der Waals surface area contributed by atoms with E-state index in [4.69, 9.17) is 5.11 Å². The van der Waals surface area contributed by atoms with Crippen LogP contribution in [0.25, 0.3) is 6.08 Å². The molecule has 1 aliphatic rings. The second-order valence-corrected chi connectivity index (χ2v) is 5.54. The van der Waals surface area contributed by atoms with Crippen LogP contribution in [0.1, 0.15) is 15.9 Å². The Morgan fingerprint density at radius 2 is 2.00 bits per heavy atom. The summed E-state index contributed by atoms with van der Waals surface area (Å²) in [5.74, 6) is -0.130. The van der Waals surface area contributed by atoms with Crippen LogP contribution in [-0.4, -0.2) is 46.5 Å². The van der Waals surface area contributed by atoms with Crippen molar-refractivity contribution in [1.29, 1.82) is 0 Å². The van der Waals surface area contributed by atoms with Gasteiger partial charge in [-0.2, -0.15) is 11.8 Å². The Bertz CT molecular complexity index is 553. The normalized spacial score (nSPS) is 15.6. The Balaban J connectivity index is 2.15. The Kier molecular flexibility index (Phi) is 4.79. The first-order valence-corrected chi connectivity index (χ1v) is 7.31. The molecule has 0 atom stereocenters. The second kappa shape index (κ2) is 6.56. The first-order chi connectivity index (χ1) is 9.58. The van der Waals surface area contributed by atoms with Crippen LogP contribution in [0, 0.1) is 5.82 Å². The van der Waals surface area contributed by atoms with Gasteiger partial charge in [0.25, 0.3) is 5.91 Å². The maximum atomic E-state index is 13.8. The summed E-state index contributed by atoms with van der Waals surface area (Å²) < 4.78 is 13.8. The highest BCUT2D eigenvalue weighted by molar-refractivity contribution is 7.99. The van der Waals surface area contributed by atoms with Gasteiger partial charge in [0.2, 0.25) is 0 Å². The summed E-state index contributed by atoms with van der Waals surface area (Å²) >= 11 is 1.79. The number of hydrogen-bond acceptors (Lipinski definition) is 3. The van der Waals surface area contributed by atoms with Crippen molar-refractivity contribution < 1.29 is 19.1 Å². The van der Waals surface area contributed by atoms with E-state index >= 15 is 0 Å². The minimum atomic E-state index is -1.14. The molecule has 1 fully saturated rings. The van der Waals surface area contributed by atoms with Crippen LogP contribution in [0.2, 0.25) is 0 Å². The van der Waals surface area contributed by atoms with Crippen molar-refractivity contribution in [1.82, 2.24) is 4.90 Å². The van der Waals surface area contributed by atoms with Gasteiger partial charge in [0.05, 0.1) is 0 Å². The zero-order valence-corrected chi connectivity index (χ0v) is 11.5. The fourth-order valence-corrected chi connectivity index (χ4v) is 2.81. The molecule has 4 nitrogen and oxygen atoms in total. The molecule has 1 saturated heterocycles. The van der Waals surface area contributed by atoms with Gasteiger partial charge in [-0.05, 0) is 18.2 Å². The van der Waals surface area contributed by atoms with Gasteiger partial charge < -0.3 is 10.0 Å². The Morgan fingerprint density at radius 3 is 2.60 bits per heavy atom. The van der Waals surface area contributed by atoms with Crippen LogP contribution >= 0.6 is 11.8 Å². The lowest BCUT2D eigenvalue weighted by atomic mass is 10.1. The van der Waals surface area contributed by atoms with Crippen molar-refractivity contribution >= 4 is 29.7 Å². The molecule has 0 bridgehead atoms. The largest absolute Gasteiger partial charge is 0.478 e. The molecule has 1 aromatic carbocycles. The quantitative estimate of drug-likeness (QED) is 0.868. The van der Waals surface area contributed by atoms with Gasteiger partial charge in [-0.1, -0.05) is 6.07 Å². The van der Waals surface area contributed by atoms with Crippen molar-refractivity contribution in [2.24, 2.45) is 0 Å². The zero-order valence-electron chi connectivity index (χ0n) is 10.7. The summed E-state index contributed by atoms with van der Waals surface area (Å²) in [6.45, 7) is 1.34. The van der Waals surface area contributed by atoms with Gasteiger partial charge in [-0.15, -0.1) is 0 Å². The lowest BCUT2D eigenvalue weighted by molar-refractivity contribution is -0.131. The monoisotopic (exact) mass is 295 g/mol. The maximum absolute atomic E-state index is 13.8. The first kappa shape index (κ1) is 14.6. The highest BCUT2D eigenvalue weighted by Gasteiger charge is 2.19. The van der Waals surface area contributed by atoms with Crippen molar-refractivity contribution in [2.45, 2.75) is 0 Å². The minimum Gasteiger partial charge on any atom is -0.478 e. The molecule has 0 saturated carbocycles. The number of carboxylic acid groups (broad SMARTS) is 1. The van der Waals surface area contributed by atoms with Crippen LogP contribution in [0.5, 0.6) is 0 Å². The average molecular weight is 295 g/mol. The van der Waals surface area contributed by atoms with E-state index < -0.39 is 11.8 Å². The molecule has 1 N–H and O–H groups in total. The number of carbonyl (C=O) groups is 2. The predicted molar refractivity (Wildman–Crippen MR) is 76.3 cm³/mol. The summed E-state index contributed by atoms with van der Waals surface area (Å²) in [7, 11) is 0. The summed E-state index contributed by atoms with van der Waals surface area (Å²) in [5, 5.41) is 8.51. The van der Waals surface area contributed by atoms with Crippen LogP contribution in [0.4, 0.5) is 4.39 Å². The number of carbonyl (C=O) groups excluding carboxylic acids is 1. The fourth-order valence-electron chi connectivity index (χ4n) is 1.91. The van der Waals surface area contributed by atoms with E-state index in [1.54, 1.807) is 16.7 Å². The van der Waals surface area contributed by atoms with Gasteiger partial charge >= 0.3 is 5.97 Å². The number of carboxylic acids is 1. The van der Waals surface area contributed by atoms with E-state index in [2.05, 4.69) is 0 Å². The molecule has 0 spiro atoms. The average Bonchev–Trinajstić information content (AvgIpc) is 2.46. The number of amides is 1. The second-order valence-electron chi connectivity index (χ2n) is 4.31. The summed E-state index contributed by atoms with van der Waals surface area (Å²) in [6.07, 6.45) is 2.03. The van der Waals surface area contributed by atoms with Crippen molar-refractivity contribution in [3.63, 3.8) is 0 Å². The molecule has 1 aliphatic heterocycles. The molecule has 20 heavy (non-hydrogen) atoms. The molecule has 0 unspecified atom stereocenters. The van der Waals surface area contributed by atoms with Gasteiger partial charge in [0, 0.05) is 41.8 Å². The number of rotatable bonds is 3. The summed E-state index contributed by atoms with van der Waals surface area (Å²) in [6, 6.07) is 4.10. The molecular weight excluding hydrogens is 281 g/mol. The molecule has 2 rings (SSSR count). The highest BCUT2D eigenvalue weighted by atomic mass is 32.2. The van der Waals surface area contributed by atoms with Gasteiger partial charge in [-0.25, -0.2) is 9.18 Å². The van der Waals surface area contributed by atoms with E-state index in [0.29, 0.717) is 18.7 Å². The zero-order chi connectivity index (χ0) is 14.5. The number of aliphatic carboxylic acids is 1. The fraction of sp³-hybridized carbons (Fsp3) is 0.286. The van der Waals surface area contributed by atoms with Gasteiger partial charge in [0.1, 0.15) is 5.82 Å². The minimum absolute atomic E-state index is 0.151. The van der Waals surface area contributed by atoms with Crippen LogP contribution in [-0.2, 0) is 4.79 Å². The topological polar surface area (TPSA) is 57.6 Å². The molecule has 1 amide bonds. The van der Waals surface area contributed by atoms with Crippen LogP contribution in [0.15, 0.2) is 24.3 Å². The third-order valence-corrected chi connectivity index (χ3v) is 3.89. The number of nitrogens with zero attached hydrogens (tertiary/aromatic N) is 1. The number of hydrogen-bond donors (Lipinski definition) is 1. The smallest absolute Gasteiger partial charge is 0.328 e. The number of halogens is 1. The SMILES string of the molecule is O=C(O)C=Cc1ccc(C(=O)N2CCSCC2)cc1F. The van der Waals surface area contributed by atoms with E-state index in [0.717, 1.165) is 23.6 Å². The number of benzene rings is 1. The number of thioether (sulfide) groups is 1. The van der Waals surface area contributed by atoms with E-state index in [9.17, 15) is 14.0 Å². The van der Waals surface area contributed by atoms with E-state index in [1.807, 2.05) is 0 Å². The van der Waals surface area contributed by atoms with Crippen LogP contribution in [0.3, 0.4) is 0 Å². The lowest BCUT2D eigenvalue weighted by Crippen LogP contribution is -2.37.